The zero-order chi connectivity index (χ0) is 66.5. The lowest BCUT2D eigenvalue weighted by Gasteiger charge is -2.37. The number of carbonyl (C=O) groups excluding carboxylic acids is 10. The Morgan fingerprint density at radius 1 is 0.500 bits per heavy atom. The second kappa shape index (κ2) is 27.7. The summed E-state index contributed by atoms with van der Waals surface area (Å²) in [7, 11) is 2.85. The quantitative estimate of drug-likeness (QED) is 0.0969. The van der Waals surface area contributed by atoms with Gasteiger partial charge in [-0.25, -0.2) is 9.59 Å². The number of likely N-dealkylation sites (N-methyl/N-ethyl adjacent to an activating group) is 2. The second-order valence-corrected chi connectivity index (χ2v) is 28.0. The van der Waals surface area contributed by atoms with E-state index in [2.05, 4.69) is 31.9 Å². The van der Waals surface area contributed by atoms with E-state index in [9.17, 15) is 47.9 Å². The normalized spacial score (nSPS) is 21.2. The summed E-state index contributed by atoms with van der Waals surface area (Å²) < 4.78 is 22.7. The summed E-state index contributed by atoms with van der Waals surface area (Å²) in [6, 6.07) is 11.4. The van der Waals surface area contributed by atoms with E-state index >= 15 is 0 Å². The minimum absolute atomic E-state index is 0.00693. The van der Waals surface area contributed by atoms with Crippen LogP contribution < -0.4 is 41.4 Å². The number of nitrogens with one attached hydrogen (secondary N) is 6. The van der Waals surface area contributed by atoms with Crippen LogP contribution in [0.3, 0.4) is 0 Å². The van der Waals surface area contributed by atoms with Crippen LogP contribution in [0.15, 0.2) is 72.8 Å². The van der Waals surface area contributed by atoms with Crippen LogP contribution in [-0.4, -0.2) is 179 Å². The smallest absolute Gasteiger partial charge is 0.410 e. The number of fused-ring (bicyclic) bond motifs is 2. The van der Waals surface area contributed by atoms with Crippen LogP contribution >= 0.6 is 0 Å². The monoisotopic (exact) mass is 1250 g/mol. The highest BCUT2D eigenvalue weighted by Crippen LogP contribution is 2.35. The highest BCUT2D eigenvalue weighted by Gasteiger charge is 2.49. The number of hydrogen-bond acceptors (Lipinski definition) is 14. The Morgan fingerprint density at radius 2 is 0.833 bits per heavy atom. The van der Waals surface area contributed by atoms with Crippen molar-refractivity contribution in [2.24, 2.45) is 10.8 Å². The first-order valence-electron chi connectivity index (χ1n) is 30.8. The molecule has 10 atom stereocenters. The summed E-state index contributed by atoms with van der Waals surface area (Å²) in [5, 5.41) is 17.9. The summed E-state index contributed by atoms with van der Waals surface area (Å²) >= 11 is 0. The van der Waals surface area contributed by atoms with Gasteiger partial charge in [0, 0.05) is 74.4 Å². The van der Waals surface area contributed by atoms with Gasteiger partial charge < -0.3 is 60.6 Å². The number of rotatable bonds is 16. The summed E-state index contributed by atoms with van der Waals surface area (Å²) in [6.07, 6.45) is -0.535. The van der Waals surface area contributed by atoms with Gasteiger partial charge in [0.25, 0.3) is 11.8 Å². The number of benzene rings is 3. The minimum Gasteiger partial charge on any atom is -0.493 e. The molecule has 90 heavy (non-hydrogen) atoms. The Hall–Kier alpha value is -8.44. The standard InChI is InChI=1S/C66H92N10O14/c1-37(73(15)61(85)89-65(9,10)11)53(77)71-51(63(3,4)5)59(83)75-35-41(33-47(75)57(81)69-45-29-31-87-49-23-19-17-21-43(45)49)67-55(79)39-25-27-40(28-26-39)56(80)68-42-34-48(58(82)70-46-30-32-88-50-24-20-18-22-44(46)50)76(36-42)60(84)52(64(6,7)8)72-54(78)38(2)74(16)62(86)90-66(12,13)14/h17-28,37-38,41-42,45-48,51-52H,29-36H2,1-16H3,(H,67,79)(H,68,80)(H,69,81)(H,70,82)(H,71,77)(H,72,78)/t37-,38-,41-,42-,45+,46+,47-,48-,51+,52+/m0/s1. The van der Waals surface area contributed by atoms with E-state index in [-0.39, 0.29) is 37.1 Å². The van der Waals surface area contributed by atoms with Gasteiger partial charge in [-0.05, 0) is 115 Å². The van der Waals surface area contributed by atoms with E-state index in [1.165, 1.54) is 62.0 Å². The topological polar surface area (TPSA) is 293 Å². The van der Waals surface area contributed by atoms with Crippen LogP contribution in [0.5, 0.6) is 11.5 Å². The molecule has 0 unspecified atom stereocenters. The molecule has 2 saturated heterocycles. The Labute approximate surface area is 527 Å². The lowest BCUT2D eigenvalue weighted by atomic mass is 9.85. The molecular formula is C66H92N10O14. The zero-order valence-electron chi connectivity index (χ0n) is 54.9. The Morgan fingerprint density at radius 3 is 1.16 bits per heavy atom. The van der Waals surface area contributed by atoms with Crippen LogP contribution in [0.2, 0.25) is 0 Å². The summed E-state index contributed by atoms with van der Waals surface area (Å²) in [4.78, 5) is 146. The molecule has 0 spiro atoms. The van der Waals surface area contributed by atoms with Crippen molar-refractivity contribution in [3.63, 3.8) is 0 Å². The van der Waals surface area contributed by atoms with Crippen molar-refractivity contribution in [2.75, 3.05) is 40.4 Å². The van der Waals surface area contributed by atoms with Gasteiger partial charge >= 0.3 is 12.2 Å². The van der Waals surface area contributed by atoms with E-state index in [0.717, 1.165) is 20.9 Å². The molecule has 4 aliphatic heterocycles. The van der Waals surface area contributed by atoms with Crippen LogP contribution in [0, 0.1) is 10.8 Å². The van der Waals surface area contributed by atoms with Crippen LogP contribution in [-0.2, 0) is 38.2 Å². The maximum atomic E-state index is 15.0. The van der Waals surface area contributed by atoms with E-state index < -0.39 is 142 Å². The average Bonchev–Trinajstić information content (AvgIpc) is 1.59. The third-order valence-electron chi connectivity index (χ3n) is 16.5. The molecule has 3 aromatic rings. The Kier molecular flexibility index (Phi) is 21.3. The fourth-order valence-corrected chi connectivity index (χ4v) is 11.2. The maximum absolute atomic E-state index is 15.0. The van der Waals surface area contributed by atoms with Crippen LogP contribution in [0.4, 0.5) is 9.59 Å². The van der Waals surface area contributed by atoms with Crippen molar-refractivity contribution >= 4 is 59.4 Å². The van der Waals surface area contributed by atoms with Crippen molar-refractivity contribution in [1.82, 2.24) is 51.5 Å². The molecule has 4 aliphatic rings. The van der Waals surface area contributed by atoms with E-state index in [0.29, 0.717) is 37.6 Å². The van der Waals surface area contributed by atoms with E-state index in [4.69, 9.17) is 18.9 Å². The fourth-order valence-electron chi connectivity index (χ4n) is 11.2. The van der Waals surface area contributed by atoms with Crippen molar-refractivity contribution in [3.05, 3.63) is 95.1 Å². The van der Waals surface area contributed by atoms with E-state index in [1.807, 2.05) is 48.5 Å². The number of ether oxygens (including phenoxy) is 4. The predicted molar refractivity (Wildman–Crippen MR) is 334 cm³/mol. The highest BCUT2D eigenvalue weighted by molar-refractivity contribution is 6.00. The zero-order valence-corrected chi connectivity index (χ0v) is 54.9. The molecule has 10 amide bonds. The molecule has 2 fully saturated rings. The average molecular weight is 1250 g/mol. The Balaban J connectivity index is 1.07. The van der Waals surface area contributed by atoms with Crippen LogP contribution in [0.1, 0.15) is 167 Å². The minimum atomic E-state index is -1.19. The van der Waals surface area contributed by atoms with Gasteiger partial charge in [-0.2, -0.15) is 0 Å². The van der Waals surface area contributed by atoms with Gasteiger partial charge in [-0.15, -0.1) is 0 Å². The largest absolute Gasteiger partial charge is 0.493 e. The summed E-state index contributed by atoms with van der Waals surface area (Å²) in [5.41, 5.74) is -1.62. The Bertz CT molecular complexity index is 2970. The van der Waals surface area contributed by atoms with Crippen LogP contribution in [0.25, 0.3) is 0 Å². The number of para-hydroxylation sites is 2. The van der Waals surface area contributed by atoms with Crippen molar-refractivity contribution < 1.29 is 66.9 Å². The molecule has 3 aromatic carbocycles. The predicted octanol–water partition coefficient (Wildman–Crippen LogP) is 5.94. The fraction of sp³-hybridized carbons (Fsp3) is 0.576. The molecule has 0 aliphatic carbocycles. The first kappa shape index (κ1) is 69.0. The third-order valence-corrected chi connectivity index (χ3v) is 16.5. The first-order valence-corrected chi connectivity index (χ1v) is 30.8. The molecule has 4 heterocycles. The van der Waals surface area contributed by atoms with Gasteiger partial charge in [0.2, 0.25) is 35.4 Å². The number of hydrogen-bond donors (Lipinski definition) is 6. The van der Waals surface area contributed by atoms with Gasteiger partial charge in [0.1, 0.15) is 59.0 Å². The third kappa shape index (κ3) is 17.1. The second-order valence-electron chi connectivity index (χ2n) is 28.0. The van der Waals surface area contributed by atoms with E-state index in [1.54, 1.807) is 83.1 Å². The van der Waals surface area contributed by atoms with Gasteiger partial charge in [0.15, 0.2) is 0 Å². The molecule has 0 bridgehead atoms. The molecule has 7 rings (SSSR count). The van der Waals surface area contributed by atoms with Crippen molar-refractivity contribution in [1.29, 1.82) is 0 Å². The molecule has 490 valence electrons. The number of carbonyl (C=O) groups is 10. The van der Waals surface area contributed by atoms with Crippen molar-refractivity contribution in [3.8, 4) is 11.5 Å². The SMILES string of the molecule is C[C@@H](C(=O)N[C@H](C(=O)N1C[C@@H](NC(=O)c2ccc(C(=O)N[C@H]3C[C@@H](C(=O)N[C@@H]4CCOc5ccccc54)N(C(=O)[C@@H](NC(=O)[C@H](C)N(C)C(=O)OC(C)(C)C)C(C)(C)C)C3)cc2)C[C@H]1C(=O)N[C@@H]1CCOc2ccccc21)C(C)(C)C)N(C)C(=O)OC(C)(C)C. The lowest BCUT2D eigenvalue weighted by molar-refractivity contribution is -0.144. The van der Waals surface area contributed by atoms with Crippen molar-refractivity contribution in [2.45, 2.75) is 194 Å². The molecule has 0 saturated carbocycles. The number of nitrogens with zero attached hydrogens (tertiary/aromatic N) is 4. The summed E-state index contributed by atoms with van der Waals surface area (Å²) in [5.74, 6) is -3.24. The number of amides is 10. The molecular weight excluding hydrogens is 1160 g/mol. The van der Waals surface area contributed by atoms with Gasteiger partial charge in [-0.3, -0.25) is 48.2 Å². The first-order chi connectivity index (χ1) is 41.9. The van der Waals surface area contributed by atoms with Gasteiger partial charge in [0.05, 0.1) is 25.3 Å². The number of likely N-dealkylation sites (tertiary alicyclic amines) is 2. The molecule has 24 nitrogen and oxygen atoms in total. The molecule has 24 heteroatoms. The molecule has 6 N–H and O–H groups in total. The highest BCUT2D eigenvalue weighted by atomic mass is 16.6. The maximum Gasteiger partial charge on any atom is 0.410 e. The van der Waals surface area contributed by atoms with Gasteiger partial charge in [-0.1, -0.05) is 77.9 Å². The molecule has 0 aromatic heterocycles. The lowest BCUT2D eigenvalue weighted by Crippen LogP contribution is -2.60. The molecule has 0 radical (unpaired) electrons. The summed E-state index contributed by atoms with van der Waals surface area (Å²) in [6.45, 7) is 24.3.